The maximum atomic E-state index is 12.9. The van der Waals surface area contributed by atoms with E-state index in [-0.39, 0.29) is 17.0 Å². The third kappa shape index (κ3) is 2.61. The van der Waals surface area contributed by atoms with Gasteiger partial charge in [0, 0.05) is 20.3 Å². The maximum Gasteiger partial charge on any atom is 0.275 e. The molecular formula is C17H16N4O3. The lowest BCUT2D eigenvalue weighted by Crippen LogP contribution is -2.40. The van der Waals surface area contributed by atoms with Crippen molar-refractivity contribution in [3.8, 4) is 11.4 Å². The second-order valence-corrected chi connectivity index (χ2v) is 5.41. The number of aromatic nitrogens is 2. The highest BCUT2D eigenvalue weighted by Crippen LogP contribution is 2.26. The third-order valence-electron chi connectivity index (χ3n) is 3.47. The van der Waals surface area contributed by atoms with Crippen LogP contribution in [0.4, 0.5) is 0 Å². The van der Waals surface area contributed by atoms with Gasteiger partial charge in [-0.2, -0.15) is 0 Å². The van der Waals surface area contributed by atoms with Crippen LogP contribution in [0.2, 0.25) is 0 Å². The number of para-hydroxylation sites is 1. The van der Waals surface area contributed by atoms with Crippen LogP contribution in [0, 0.1) is 0 Å². The van der Waals surface area contributed by atoms with Crippen LogP contribution in [0.5, 0.6) is 5.75 Å². The molecule has 0 fully saturated rings. The molecule has 2 heterocycles. The summed E-state index contributed by atoms with van der Waals surface area (Å²) >= 11 is 0. The van der Waals surface area contributed by atoms with E-state index in [0.717, 1.165) is 0 Å². The van der Waals surface area contributed by atoms with Crippen molar-refractivity contribution >= 4 is 16.9 Å². The molecule has 24 heavy (non-hydrogen) atoms. The van der Waals surface area contributed by atoms with Crippen molar-refractivity contribution < 1.29 is 9.90 Å². The van der Waals surface area contributed by atoms with Gasteiger partial charge in [-0.15, -0.1) is 0 Å². The van der Waals surface area contributed by atoms with Crippen LogP contribution >= 0.6 is 0 Å². The van der Waals surface area contributed by atoms with E-state index in [9.17, 15) is 14.7 Å². The first-order valence-electron chi connectivity index (χ1n) is 7.27. The summed E-state index contributed by atoms with van der Waals surface area (Å²) in [5.74, 6) is -1.06. The zero-order valence-corrected chi connectivity index (χ0v) is 13.2. The summed E-state index contributed by atoms with van der Waals surface area (Å²) in [4.78, 5) is 29.5. The zero-order chi connectivity index (χ0) is 17.3. The first-order valence-corrected chi connectivity index (χ1v) is 7.27. The molecular weight excluding hydrogens is 308 g/mol. The van der Waals surface area contributed by atoms with Crippen LogP contribution in [0.3, 0.4) is 0 Å². The molecule has 0 unspecified atom stereocenters. The van der Waals surface area contributed by atoms with E-state index in [1.54, 1.807) is 50.5 Å². The van der Waals surface area contributed by atoms with Gasteiger partial charge in [0.1, 0.15) is 11.3 Å². The molecule has 2 aromatic heterocycles. The number of benzene rings is 1. The minimum Gasteiger partial charge on any atom is -0.506 e. The largest absolute Gasteiger partial charge is 0.506 e. The standard InChI is InChI=1S/C17H16N4O3/c1-20(2)19-16(23)13-14(22)12-9-6-10-18-15(12)21(17(13)24)11-7-4-3-5-8-11/h3-10,22H,1-2H3,(H,19,23). The predicted octanol–water partition coefficient (Wildman–Crippen LogP) is 1.30. The number of fused-ring (bicyclic) bond motifs is 1. The molecule has 3 rings (SSSR count). The predicted molar refractivity (Wildman–Crippen MR) is 90.2 cm³/mol. The average Bonchev–Trinajstić information content (AvgIpc) is 2.55. The van der Waals surface area contributed by atoms with E-state index in [2.05, 4.69) is 10.4 Å². The summed E-state index contributed by atoms with van der Waals surface area (Å²) in [5.41, 5.74) is 2.37. The Kier molecular flexibility index (Phi) is 4.01. The summed E-state index contributed by atoms with van der Waals surface area (Å²) < 4.78 is 1.32. The minimum absolute atomic E-state index is 0.285. The molecule has 1 aromatic carbocycles. The highest BCUT2D eigenvalue weighted by Gasteiger charge is 2.23. The van der Waals surface area contributed by atoms with Gasteiger partial charge in [0.25, 0.3) is 11.5 Å². The van der Waals surface area contributed by atoms with Gasteiger partial charge in [0.05, 0.1) is 11.1 Å². The van der Waals surface area contributed by atoms with Gasteiger partial charge in [-0.25, -0.2) is 9.99 Å². The summed E-state index contributed by atoms with van der Waals surface area (Å²) in [6.45, 7) is 0. The molecule has 0 saturated heterocycles. The number of nitrogens with zero attached hydrogens (tertiary/aromatic N) is 3. The molecule has 0 radical (unpaired) electrons. The number of rotatable bonds is 3. The molecule has 0 aliphatic rings. The lowest BCUT2D eigenvalue weighted by molar-refractivity contribution is 0.0852. The molecule has 0 aliphatic heterocycles. The van der Waals surface area contributed by atoms with Crippen molar-refractivity contribution in [2.24, 2.45) is 0 Å². The van der Waals surface area contributed by atoms with Crippen molar-refractivity contribution in [2.45, 2.75) is 0 Å². The Balaban J connectivity index is 2.39. The third-order valence-corrected chi connectivity index (χ3v) is 3.47. The number of aromatic hydroxyl groups is 1. The first kappa shape index (κ1) is 15.7. The van der Waals surface area contributed by atoms with Gasteiger partial charge in [0.15, 0.2) is 5.65 Å². The molecule has 2 N–H and O–H groups in total. The van der Waals surface area contributed by atoms with Crippen LogP contribution in [-0.2, 0) is 0 Å². The molecule has 122 valence electrons. The summed E-state index contributed by atoms with van der Waals surface area (Å²) in [6, 6.07) is 12.1. The van der Waals surface area contributed by atoms with Crippen LogP contribution in [0.1, 0.15) is 10.4 Å². The Morgan fingerprint density at radius 2 is 1.88 bits per heavy atom. The topological polar surface area (TPSA) is 87.5 Å². The van der Waals surface area contributed by atoms with E-state index in [1.807, 2.05) is 6.07 Å². The number of pyridine rings is 2. The fourth-order valence-electron chi connectivity index (χ4n) is 2.48. The molecule has 1 amide bonds. The normalized spacial score (nSPS) is 11.0. The van der Waals surface area contributed by atoms with Gasteiger partial charge < -0.3 is 5.11 Å². The van der Waals surface area contributed by atoms with E-state index < -0.39 is 11.5 Å². The molecule has 7 nitrogen and oxygen atoms in total. The van der Waals surface area contributed by atoms with Gasteiger partial charge in [-0.05, 0) is 24.3 Å². The van der Waals surface area contributed by atoms with Gasteiger partial charge in [-0.1, -0.05) is 18.2 Å². The maximum absolute atomic E-state index is 12.9. The van der Waals surface area contributed by atoms with E-state index in [0.29, 0.717) is 11.1 Å². The van der Waals surface area contributed by atoms with Gasteiger partial charge >= 0.3 is 0 Å². The molecule has 0 aliphatic carbocycles. The number of carbonyl (C=O) groups excluding carboxylic acids is 1. The average molecular weight is 324 g/mol. The lowest BCUT2D eigenvalue weighted by atomic mass is 10.1. The Hall–Kier alpha value is -3.19. The Morgan fingerprint density at radius 1 is 1.17 bits per heavy atom. The molecule has 0 spiro atoms. The van der Waals surface area contributed by atoms with Crippen molar-refractivity contribution in [3.63, 3.8) is 0 Å². The number of hydrogen-bond donors (Lipinski definition) is 2. The summed E-state index contributed by atoms with van der Waals surface area (Å²) in [5, 5.41) is 12.2. The first-order chi connectivity index (χ1) is 11.5. The number of carbonyl (C=O) groups is 1. The van der Waals surface area contributed by atoms with E-state index in [4.69, 9.17) is 0 Å². The van der Waals surface area contributed by atoms with Crippen LogP contribution in [-0.4, -0.2) is 39.7 Å². The molecule has 0 saturated carbocycles. The second kappa shape index (κ2) is 6.13. The minimum atomic E-state index is -0.682. The van der Waals surface area contributed by atoms with E-state index in [1.165, 1.54) is 15.8 Å². The molecule has 7 heteroatoms. The Labute approximate surface area is 137 Å². The van der Waals surface area contributed by atoms with Gasteiger partial charge in [0.2, 0.25) is 0 Å². The molecule has 0 atom stereocenters. The van der Waals surface area contributed by atoms with Crippen molar-refractivity contribution in [1.29, 1.82) is 0 Å². The van der Waals surface area contributed by atoms with E-state index >= 15 is 0 Å². The highest BCUT2D eigenvalue weighted by molar-refractivity contribution is 6.01. The number of hydrogen-bond acceptors (Lipinski definition) is 5. The monoisotopic (exact) mass is 324 g/mol. The van der Waals surface area contributed by atoms with Crippen LogP contribution < -0.4 is 11.0 Å². The lowest BCUT2D eigenvalue weighted by Gasteiger charge is -2.16. The number of amides is 1. The quantitative estimate of drug-likeness (QED) is 0.709. The fraction of sp³-hybridized carbons (Fsp3) is 0.118. The summed E-state index contributed by atoms with van der Waals surface area (Å²) in [6.07, 6.45) is 1.53. The second-order valence-electron chi connectivity index (χ2n) is 5.41. The molecule has 3 aromatic rings. The van der Waals surface area contributed by atoms with Crippen LogP contribution in [0.15, 0.2) is 53.5 Å². The highest BCUT2D eigenvalue weighted by atomic mass is 16.3. The molecule has 0 bridgehead atoms. The number of hydrazine groups is 1. The SMILES string of the molecule is CN(C)NC(=O)c1c(O)c2cccnc2n(-c2ccccc2)c1=O. The van der Waals surface area contributed by atoms with Crippen LogP contribution in [0.25, 0.3) is 16.7 Å². The van der Waals surface area contributed by atoms with Gasteiger partial charge in [-0.3, -0.25) is 19.6 Å². The zero-order valence-electron chi connectivity index (χ0n) is 13.2. The van der Waals surface area contributed by atoms with Crippen molar-refractivity contribution in [1.82, 2.24) is 20.0 Å². The Morgan fingerprint density at radius 3 is 2.54 bits per heavy atom. The summed E-state index contributed by atoms with van der Waals surface area (Å²) in [7, 11) is 3.24. The van der Waals surface area contributed by atoms with Crippen molar-refractivity contribution in [2.75, 3.05) is 14.1 Å². The number of nitrogens with one attached hydrogen (secondary N) is 1. The fourth-order valence-corrected chi connectivity index (χ4v) is 2.48. The van der Waals surface area contributed by atoms with Crippen molar-refractivity contribution in [3.05, 3.63) is 64.6 Å². The Bertz CT molecular complexity index is 965. The smallest absolute Gasteiger partial charge is 0.275 e.